The van der Waals surface area contributed by atoms with E-state index in [9.17, 15) is 29.4 Å². The Morgan fingerprint density at radius 2 is 1.50 bits per heavy atom. The van der Waals surface area contributed by atoms with Crippen LogP contribution in [0.25, 0.3) is 32.7 Å². The van der Waals surface area contributed by atoms with E-state index in [0.29, 0.717) is 27.1 Å². The summed E-state index contributed by atoms with van der Waals surface area (Å²) in [6, 6.07) is 18.3. The average Bonchev–Trinajstić information content (AvgIpc) is 2.89. The molecule has 0 saturated heterocycles. The summed E-state index contributed by atoms with van der Waals surface area (Å²) in [7, 11) is 0. The van der Waals surface area contributed by atoms with Crippen molar-refractivity contribution in [2.24, 2.45) is 0 Å². The molecule has 9 heteroatoms. The minimum Gasteiger partial charge on any atom is -0.478 e. The van der Waals surface area contributed by atoms with E-state index in [1.165, 1.54) is 25.1 Å². The molecule has 3 N–H and O–H groups in total. The maximum absolute atomic E-state index is 12.7. The van der Waals surface area contributed by atoms with Crippen LogP contribution in [-0.2, 0) is 9.53 Å². The molecule has 0 radical (unpaired) electrons. The highest BCUT2D eigenvalue weighted by atomic mass is 16.6. The topological polar surface area (TPSA) is 139 Å². The van der Waals surface area contributed by atoms with Gasteiger partial charge in [0, 0.05) is 11.1 Å². The van der Waals surface area contributed by atoms with Gasteiger partial charge >= 0.3 is 24.0 Å². The SMILES string of the molecule is C=C(C)C(=O)OCCNC(=O)Oc1c(C(=O)O)cc2ccccc2c1-c1cc(C(=O)O)cc2ccccc12. The highest BCUT2D eigenvalue weighted by molar-refractivity contribution is 6.13. The van der Waals surface area contributed by atoms with Crippen LogP contribution in [0.1, 0.15) is 27.6 Å². The molecule has 1 amide bonds. The summed E-state index contributed by atoms with van der Waals surface area (Å²) in [4.78, 5) is 48.5. The van der Waals surface area contributed by atoms with Crippen LogP contribution in [0.2, 0.25) is 0 Å². The molecule has 9 nitrogen and oxygen atoms in total. The van der Waals surface area contributed by atoms with E-state index in [-0.39, 0.29) is 41.2 Å². The molecule has 38 heavy (non-hydrogen) atoms. The minimum atomic E-state index is -1.34. The Hall–Kier alpha value is -5.18. The lowest BCUT2D eigenvalue weighted by molar-refractivity contribution is -0.138. The van der Waals surface area contributed by atoms with E-state index in [1.807, 2.05) is 0 Å². The van der Waals surface area contributed by atoms with Gasteiger partial charge in [-0.2, -0.15) is 0 Å². The number of ether oxygens (including phenoxy) is 2. The summed E-state index contributed by atoms with van der Waals surface area (Å²) in [6.45, 7) is 4.71. The lowest BCUT2D eigenvalue weighted by Gasteiger charge is -2.18. The lowest BCUT2D eigenvalue weighted by atomic mass is 9.89. The largest absolute Gasteiger partial charge is 0.478 e. The van der Waals surface area contributed by atoms with Crippen LogP contribution in [0.15, 0.2) is 78.9 Å². The minimum absolute atomic E-state index is 0.0155. The lowest BCUT2D eigenvalue weighted by Crippen LogP contribution is -2.31. The number of benzene rings is 4. The van der Waals surface area contributed by atoms with Gasteiger partial charge < -0.3 is 25.0 Å². The van der Waals surface area contributed by atoms with Gasteiger partial charge in [0.05, 0.1) is 12.1 Å². The molecule has 0 aliphatic carbocycles. The second-order valence-electron chi connectivity index (χ2n) is 8.44. The Morgan fingerprint density at radius 3 is 2.13 bits per heavy atom. The van der Waals surface area contributed by atoms with Crippen LogP contribution in [0, 0.1) is 0 Å². The number of carboxylic acid groups (broad SMARTS) is 2. The number of carboxylic acids is 2. The summed E-state index contributed by atoms with van der Waals surface area (Å²) >= 11 is 0. The number of nitrogens with one attached hydrogen (secondary N) is 1. The van der Waals surface area contributed by atoms with Crippen molar-refractivity contribution in [3.8, 4) is 16.9 Å². The first-order valence-corrected chi connectivity index (χ1v) is 11.5. The van der Waals surface area contributed by atoms with E-state index >= 15 is 0 Å². The maximum atomic E-state index is 12.7. The summed E-state index contributed by atoms with van der Waals surface area (Å²) in [6.07, 6.45) is -0.978. The van der Waals surface area contributed by atoms with Gasteiger partial charge in [-0.25, -0.2) is 19.2 Å². The molecule has 0 aromatic heterocycles. The molecule has 0 aliphatic heterocycles. The van der Waals surface area contributed by atoms with E-state index < -0.39 is 24.0 Å². The van der Waals surface area contributed by atoms with Gasteiger partial charge in [-0.15, -0.1) is 0 Å². The molecule has 0 spiro atoms. The van der Waals surface area contributed by atoms with Gasteiger partial charge in [-0.1, -0.05) is 55.1 Å². The summed E-state index contributed by atoms with van der Waals surface area (Å²) < 4.78 is 10.5. The first kappa shape index (κ1) is 25.9. The number of fused-ring (bicyclic) bond motifs is 2. The Morgan fingerprint density at radius 1 is 0.868 bits per heavy atom. The van der Waals surface area contributed by atoms with Gasteiger partial charge in [0.2, 0.25) is 0 Å². The maximum Gasteiger partial charge on any atom is 0.412 e. The summed E-state index contributed by atoms with van der Waals surface area (Å²) in [5.41, 5.74) is 0.544. The monoisotopic (exact) mass is 513 g/mol. The third-order valence-corrected chi connectivity index (χ3v) is 5.76. The quantitative estimate of drug-likeness (QED) is 0.165. The zero-order valence-electron chi connectivity index (χ0n) is 20.3. The van der Waals surface area contributed by atoms with Crippen LogP contribution < -0.4 is 10.1 Å². The molecule has 0 atom stereocenters. The number of carbonyl (C=O) groups is 4. The second-order valence-corrected chi connectivity index (χ2v) is 8.44. The molecule has 0 aliphatic rings. The second kappa shape index (κ2) is 10.8. The molecule has 0 unspecified atom stereocenters. The van der Waals surface area contributed by atoms with Crippen molar-refractivity contribution >= 4 is 45.5 Å². The van der Waals surface area contributed by atoms with E-state index in [0.717, 1.165) is 0 Å². The van der Waals surface area contributed by atoms with Crippen molar-refractivity contribution < 1.29 is 38.9 Å². The zero-order chi connectivity index (χ0) is 27.4. The Kier molecular flexibility index (Phi) is 7.38. The molecule has 4 aromatic rings. The Labute approximate surface area is 216 Å². The van der Waals surface area contributed by atoms with E-state index in [1.54, 1.807) is 48.5 Å². The number of amides is 1. The fourth-order valence-corrected chi connectivity index (χ4v) is 4.05. The first-order chi connectivity index (χ1) is 18.2. The third kappa shape index (κ3) is 5.31. The van der Waals surface area contributed by atoms with E-state index in [4.69, 9.17) is 9.47 Å². The number of hydrogen-bond acceptors (Lipinski definition) is 6. The van der Waals surface area contributed by atoms with Crippen molar-refractivity contribution in [1.82, 2.24) is 5.32 Å². The van der Waals surface area contributed by atoms with Crippen molar-refractivity contribution in [2.75, 3.05) is 13.2 Å². The molecule has 4 rings (SSSR count). The van der Waals surface area contributed by atoms with Crippen LogP contribution in [0.4, 0.5) is 4.79 Å². The Bertz CT molecular complexity index is 1620. The van der Waals surface area contributed by atoms with Crippen molar-refractivity contribution in [3.05, 3.63) is 90.0 Å². The predicted molar refractivity (Wildman–Crippen MR) is 141 cm³/mol. The number of aromatic carboxylic acids is 2. The Balaban J connectivity index is 1.87. The smallest absolute Gasteiger partial charge is 0.412 e. The predicted octanol–water partition coefficient (Wildman–Crippen LogP) is 5.26. The third-order valence-electron chi connectivity index (χ3n) is 5.76. The van der Waals surface area contributed by atoms with Crippen molar-refractivity contribution in [3.63, 3.8) is 0 Å². The van der Waals surface area contributed by atoms with Crippen molar-refractivity contribution in [1.29, 1.82) is 0 Å². The first-order valence-electron chi connectivity index (χ1n) is 11.5. The molecule has 192 valence electrons. The van der Waals surface area contributed by atoms with Crippen molar-refractivity contribution in [2.45, 2.75) is 6.92 Å². The average molecular weight is 514 g/mol. The highest BCUT2D eigenvalue weighted by Gasteiger charge is 2.25. The summed E-state index contributed by atoms with van der Waals surface area (Å²) in [5, 5.41) is 24.6. The van der Waals surface area contributed by atoms with Gasteiger partial charge in [0.1, 0.15) is 12.2 Å². The number of hydrogen-bond donors (Lipinski definition) is 3. The normalized spacial score (nSPS) is 10.7. The summed E-state index contributed by atoms with van der Waals surface area (Å²) in [5.74, 6) is -3.37. The van der Waals surface area contributed by atoms with Gasteiger partial charge in [-0.05, 0) is 52.2 Å². The van der Waals surface area contributed by atoms with Crippen LogP contribution in [0.3, 0.4) is 0 Å². The highest BCUT2D eigenvalue weighted by Crippen LogP contribution is 2.43. The molecular formula is C29H23NO8. The number of esters is 1. The fourth-order valence-electron chi connectivity index (χ4n) is 4.05. The molecule has 4 aromatic carbocycles. The number of carbonyl (C=O) groups excluding carboxylic acids is 2. The molecule has 0 heterocycles. The molecule has 0 fully saturated rings. The molecule has 0 bridgehead atoms. The zero-order valence-corrected chi connectivity index (χ0v) is 20.3. The van der Waals surface area contributed by atoms with Gasteiger partial charge in [-0.3, -0.25) is 0 Å². The van der Waals surface area contributed by atoms with E-state index in [2.05, 4.69) is 11.9 Å². The number of rotatable bonds is 8. The van der Waals surface area contributed by atoms with Crippen LogP contribution in [-0.4, -0.2) is 47.4 Å². The van der Waals surface area contributed by atoms with Crippen LogP contribution in [0.5, 0.6) is 5.75 Å². The standard InChI is InChI=1S/C29H23NO8/c1-16(2)28(35)37-12-11-30-29(36)38-25-23(27(33)34)14-18-8-4-6-10-21(18)24(25)22-15-19(26(31)32)13-17-7-3-5-9-20(17)22/h3-10,13-15H,1,11-12H2,2H3,(H,30,36)(H,31,32)(H,33,34). The molecular weight excluding hydrogens is 490 g/mol. The van der Waals surface area contributed by atoms with Gasteiger partial charge in [0.25, 0.3) is 0 Å². The molecule has 0 saturated carbocycles. The van der Waals surface area contributed by atoms with Gasteiger partial charge in [0.15, 0.2) is 5.75 Å². The van der Waals surface area contributed by atoms with Crippen LogP contribution >= 0.6 is 0 Å². The fraction of sp³-hybridized carbons (Fsp3) is 0.103.